The van der Waals surface area contributed by atoms with E-state index in [2.05, 4.69) is 6.07 Å². The van der Waals surface area contributed by atoms with E-state index in [1.807, 2.05) is 15.9 Å². The molecular formula is C21H24FN5O2. The zero-order chi connectivity index (χ0) is 20.3. The molecule has 2 amide bonds. The molecule has 1 aromatic carbocycles. The average molecular weight is 397 g/mol. The first-order chi connectivity index (χ1) is 14.0. The van der Waals surface area contributed by atoms with E-state index in [0.29, 0.717) is 32.0 Å². The van der Waals surface area contributed by atoms with Gasteiger partial charge in [-0.05, 0) is 42.9 Å². The number of piperazine rings is 1. The maximum absolute atomic E-state index is 13.4. The van der Waals surface area contributed by atoms with Gasteiger partial charge in [0.25, 0.3) is 0 Å². The molecule has 4 fully saturated rings. The van der Waals surface area contributed by atoms with Crippen molar-refractivity contribution in [2.45, 2.75) is 56.0 Å². The minimum Gasteiger partial charge on any atom is -0.333 e. The smallest absolute Gasteiger partial charge is 0.242 e. The van der Waals surface area contributed by atoms with E-state index in [1.54, 1.807) is 11.0 Å². The third-order valence-electron chi connectivity index (χ3n) is 6.89. The molecule has 2 N–H and O–H groups in total. The highest BCUT2D eigenvalue weighted by atomic mass is 19.1. The number of hydrogen-bond donors (Lipinski definition) is 1. The minimum absolute atomic E-state index is 0.0171. The van der Waals surface area contributed by atoms with Gasteiger partial charge in [-0.2, -0.15) is 5.26 Å². The number of nitrogens with two attached hydrogens (primary N) is 1. The van der Waals surface area contributed by atoms with E-state index in [9.17, 15) is 19.2 Å². The molecule has 4 aliphatic rings. The van der Waals surface area contributed by atoms with Gasteiger partial charge in [-0.3, -0.25) is 14.5 Å². The van der Waals surface area contributed by atoms with Gasteiger partial charge in [-0.1, -0.05) is 12.1 Å². The average Bonchev–Trinajstić information content (AvgIpc) is 3.04. The molecular weight excluding hydrogens is 373 g/mol. The molecule has 152 valence electrons. The second kappa shape index (κ2) is 6.78. The second-order valence-electron chi connectivity index (χ2n) is 8.75. The number of hydrogen-bond acceptors (Lipinski definition) is 5. The molecule has 8 heteroatoms. The summed E-state index contributed by atoms with van der Waals surface area (Å²) in [5.74, 6) is -0.00524. The molecule has 0 unspecified atom stereocenters. The highest BCUT2D eigenvalue weighted by Crippen LogP contribution is 2.47. The van der Waals surface area contributed by atoms with Gasteiger partial charge in [-0.25, -0.2) is 4.39 Å². The van der Waals surface area contributed by atoms with Crippen LogP contribution in [0.15, 0.2) is 24.3 Å². The van der Waals surface area contributed by atoms with Gasteiger partial charge in [0.15, 0.2) is 0 Å². The number of nitriles is 1. The van der Waals surface area contributed by atoms with Crippen LogP contribution in [-0.4, -0.2) is 69.8 Å². The van der Waals surface area contributed by atoms with E-state index in [-0.39, 0.29) is 41.8 Å². The number of halogens is 1. The summed E-state index contributed by atoms with van der Waals surface area (Å²) in [6.07, 6.45) is 2.43. The molecule has 29 heavy (non-hydrogen) atoms. The van der Waals surface area contributed by atoms with Crippen LogP contribution in [0.4, 0.5) is 4.39 Å². The van der Waals surface area contributed by atoms with Gasteiger partial charge in [0.05, 0.1) is 18.2 Å². The van der Waals surface area contributed by atoms with Crippen molar-refractivity contribution < 1.29 is 14.0 Å². The van der Waals surface area contributed by atoms with Gasteiger partial charge in [0.2, 0.25) is 11.8 Å². The first-order valence-corrected chi connectivity index (χ1v) is 10.2. The predicted molar refractivity (Wildman–Crippen MR) is 101 cm³/mol. The fourth-order valence-corrected chi connectivity index (χ4v) is 5.39. The summed E-state index contributed by atoms with van der Waals surface area (Å²) < 4.78 is 13.4. The summed E-state index contributed by atoms with van der Waals surface area (Å²) in [4.78, 5) is 31.2. The Kier molecular flexibility index (Phi) is 4.33. The van der Waals surface area contributed by atoms with Crippen molar-refractivity contribution in [1.82, 2.24) is 14.7 Å². The van der Waals surface area contributed by atoms with Gasteiger partial charge < -0.3 is 15.5 Å². The standard InChI is InChI=1S/C21H24FN5O2/c22-14-3-1-2-12(4-14)9-26-16-7-19(21(26)29)25(10-16)11-17(24)20(28)27-15(8-23)5-13-6-18(13)27/h1-4,13,15-19H,5-7,9-11,24H2/t13-,15+,16+,17+,18+,19+/m1/s1. The third kappa shape index (κ3) is 3.09. The monoisotopic (exact) mass is 397 g/mol. The summed E-state index contributed by atoms with van der Waals surface area (Å²) in [7, 11) is 0. The van der Waals surface area contributed by atoms with E-state index < -0.39 is 6.04 Å². The van der Waals surface area contributed by atoms with E-state index in [4.69, 9.17) is 5.73 Å². The fraction of sp³-hybridized carbons (Fsp3) is 0.571. The van der Waals surface area contributed by atoms with Crippen LogP contribution in [0.25, 0.3) is 0 Å². The molecule has 3 aliphatic heterocycles. The molecule has 0 spiro atoms. The van der Waals surface area contributed by atoms with Gasteiger partial charge >= 0.3 is 0 Å². The number of nitrogens with zero attached hydrogens (tertiary/aromatic N) is 4. The van der Waals surface area contributed by atoms with Gasteiger partial charge in [0, 0.05) is 31.7 Å². The Bertz CT molecular complexity index is 901. The molecule has 0 radical (unpaired) electrons. The quantitative estimate of drug-likeness (QED) is 0.779. The number of piperidine rings is 1. The van der Waals surface area contributed by atoms with Crippen molar-refractivity contribution in [1.29, 1.82) is 5.26 Å². The van der Waals surface area contributed by atoms with Crippen LogP contribution in [0.5, 0.6) is 0 Å². The van der Waals surface area contributed by atoms with Gasteiger partial charge in [-0.15, -0.1) is 0 Å². The summed E-state index contributed by atoms with van der Waals surface area (Å²) in [5, 5.41) is 9.31. The normalized spacial score (nSPS) is 33.7. The van der Waals surface area contributed by atoms with Crippen molar-refractivity contribution in [3.8, 4) is 6.07 Å². The summed E-state index contributed by atoms with van der Waals surface area (Å²) in [5.41, 5.74) is 7.00. The molecule has 6 atom stereocenters. The number of likely N-dealkylation sites (tertiary alicyclic amines) is 3. The third-order valence-corrected chi connectivity index (χ3v) is 6.89. The Morgan fingerprint density at radius 3 is 2.90 bits per heavy atom. The first kappa shape index (κ1) is 18.5. The maximum atomic E-state index is 13.4. The number of fused-ring (bicyclic) bond motifs is 3. The lowest BCUT2D eigenvalue weighted by Crippen LogP contribution is -2.56. The van der Waals surface area contributed by atoms with Crippen LogP contribution in [0.3, 0.4) is 0 Å². The number of carbonyl (C=O) groups is 2. The first-order valence-electron chi connectivity index (χ1n) is 10.2. The Balaban J connectivity index is 1.21. The Labute approximate surface area is 168 Å². The highest BCUT2D eigenvalue weighted by molar-refractivity contribution is 5.86. The van der Waals surface area contributed by atoms with Crippen LogP contribution in [0.1, 0.15) is 24.8 Å². The number of benzene rings is 1. The van der Waals surface area contributed by atoms with Crippen LogP contribution in [0.2, 0.25) is 0 Å². The molecule has 7 nitrogen and oxygen atoms in total. The number of amides is 2. The molecule has 5 rings (SSSR count). The Hall–Kier alpha value is -2.50. The lowest BCUT2D eigenvalue weighted by molar-refractivity contribution is -0.139. The zero-order valence-electron chi connectivity index (χ0n) is 16.1. The molecule has 1 saturated carbocycles. The highest BCUT2D eigenvalue weighted by Gasteiger charge is 2.55. The van der Waals surface area contributed by atoms with Crippen LogP contribution >= 0.6 is 0 Å². The van der Waals surface area contributed by atoms with Crippen molar-refractivity contribution in [2.75, 3.05) is 13.1 Å². The largest absolute Gasteiger partial charge is 0.333 e. The predicted octanol–water partition coefficient (Wildman–Crippen LogP) is 0.451. The SMILES string of the molecule is N#C[C@@H]1C[C@@H]2C[C@@H]2N1C(=O)[C@@H](N)CN1C[C@@H]2C[C@H]1C(=O)N2Cc1cccc(F)c1. The minimum atomic E-state index is -0.728. The fourth-order valence-electron chi connectivity index (χ4n) is 5.39. The Morgan fingerprint density at radius 2 is 2.17 bits per heavy atom. The van der Waals surface area contributed by atoms with Gasteiger partial charge in [0.1, 0.15) is 11.9 Å². The number of rotatable bonds is 5. The lowest BCUT2D eigenvalue weighted by atomic mass is 10.1. The lowest BCUT2D eigenvalue weighted by Gasteiger charge is -2.35. The topological polar surface area (TPSA) is 93.7 Å². The van der Waals surface area contributed by atoms with Crippen LogP contribution < -0.4 is 5.73 Å². The van der Waals surface area contributed by atoms with Crippen LogP contribution in [0, 0.1) is 23.1 Å². The maximum Gasteiger partial charge on any atom is 0.242 e. The second-order valence-corrected chi connectivity index (χ2v) is 8.75. The molecule has 1 aliphatic carbocycles. The summed E-state index contributed by atoms with van der Waals surface area (Å²) in [6.45, 7) is 1.39. The van der Waals surface area contributed by atoms with Crippen LogP contribution in [-0.2, 0) is 16.1 Å². The van der Waals surface area contributed by atoms with Crippen molar-refractivity contribution in [3.63, 3.8) is 0 Å². The summed E-state index contributed by atoms with van der Waals surface area (Å²) in [6, 6.07) is 7.41. The zero-order valence-corrected chi connectivity index (χ0v) is 16.1. The van der Waals surface area contributed by atoms with Crippen molar-refractivity contribution >= 4 is 11.8 Å². The molecule has 3 heterocycles. The van der Waals surface area contributed by atoms with Crippen molar-refractivity contribution in [2.24, 2.45) is 11.7 Å². The Morgan fingerprint density at radius 1 is 1.34 bits per heavy atom. The number of carbonyl (C=O) groups excluding carboxylic acids is 2. The van der Waals surface area contributed by atoms with Crippen molar-refractivity contribution in [3.05, 3.63) is 35.6 Å². The van der Waals surface area contributed by atoms with E-state index >= 15 is 0 Å². The van der Waals surface area contributed by atoms with E-state index in [1.165, 1.54) is 12.1 Å². The summed E-state index contributed by atoms with van der Waals surface area (Å²) >= 11 is 0. The van der Waals surface area contributed by atoms with E-state index in [0.717, 1.165) is 18.4 Å². The molecule has 3 saturated heterocycles. The molecule has 1 aromatic rings. The molecule has 2 bridgehead atoms. The molecule has 0 aromatic heterocycles.